The van der Waals surface area contributed by atoms with E-state index in [2.05, 4.69) is 43.4 Å². The van der Waals surface area contributed by atoms with Crippen molar-refractivity contribution < 1.29 is 0 Å². The zero-order chi connectivity index (χ0) is 8.27. The molecule has 1 nitrogen and oxygen atoms in total. The lowest BCUT2D eigenvalue weighted by Gasteiger charge is -2.05. The SMILES string of the molecule is CNc1ccc(C(C)C)cc1.Cl. The van der Waals surface area contributed by atoms with Crippen LogP contribution < -0.4 is 5.32 Å². The van der Waals surface area contributed by atoms with E-state index in [0.717, 1.165) is 0 Å². The third-order valence-corrected chi connectivity index (χ3v) is 1.87. The van der Waals surface area contributed by atoms with E-state index in [9.17, 15) is 0 Å². The lowest BCUT2D eigenvalue weighted by atomic mass is 10.0. The van der Waals surface area contributed by atoms with E-state index in [1.165, 1.54) is 11.3 Å². The number of benzene rings is 1. The van der Waals surface area contributed by atoms with Crippen LogP contribution in [0.1, 0.15) is 25.3 Å². The van der Waals surface area contributed by atoms with Crippen LogP contribution in [0.2, 0.25) is 0 Å². The third-order valence-electron chi connectivity index (χ3n) is 1.87. The van der Waals surface area contributed by atoms with Crippen molar-refractivity contribution in [3.8, 4) is 0 Å². The number of nitrogens with one attached hydrogen (secondary N) is 1. The van der Waals surface area contributed by atoms with Crippen molar-refractivity contribution in [2.75, 3.05) is 12.4 Å². The molecular weight excluding hydrogens is 170 g/mol. The topological polar surface area (TPSA) is 12.0 Å². The molecule has 0 fully saturated rings. The molecule has 2 heteroatoms. The standard InChI is InChI=1S/C10H15N.ClH/c1-8(2)9-4-6-10(11-3)7-5-9;/h4-8,11H,1-3H3;1H. The van der Waals surface area contributed by atoms with Crippen LogP contribution in [0.25, 0.3) is 0 Å². The van der Waals surface area contributed by atoms with Gasteiger partial charge in [-0.15, -0.1) is 12.4 Å². The lowest BCUT2D eigenvalue weighted by Crippen LogP contribution is -1.90. The van der Waals surface area contributed by atoms with Gasteiger partial charge in [0, 0.05) is 12.7 Å². The first-order valence-corrected chi connectivity index (χ1v) is 4.01. The van der Waals surface area contributed by atoms with Crippen molar-refractivity contribution in [3.63, 3.8) is 0 Å². The zero-order valence-electron chi connectivity index (χ0n) is 7.79. The molecule has 1 aromatic carbocycles. The summed E-state index contributed by atoms with van der Waals surface area (Å²) in [5.41, 5.74) is 2.57. The van der Waals surface area contributed by atoms with E-state index in [1.807, 2.05) is 7.05 Å². The molecule has 0 aliphatic rings. The summed E-state index contributed by atoms with van der Waals surface area (Å²) in [7, 11) is 1.93. The van der Waals surface area contributed by atoms with Crippen LogP contribution >= 0.6 is 12.4 Å². The predicted molar refractivity (Wildman–Crippen MR) is 57.3 cm³/mol. The average molecular weight is 186 g/mol. The van der Waals surface area contributed by atoms with Crippen LogP contribution in [0.4, 0.5) is 5.69 Å². The quantitative estimate of drug-likeness (QED) is 0.746. The Balaban J connectivity index is 0.00000121. The minimum absolute atomic E-state index is 0. The molecule has 0 saturated carbocycles. The molecule has 12 heavy (non-hydrogen) atoms. The smallest absolute Gasteiger partial charge is 0.0337 e. The maximum atomic E-state index is 3.09. The highest BCUT2D eigenvalue weighted by Gasteiger charge is 1.96. The molecule has 0 amide bonds. The number of hydrogen-bond donors (Lipinski definition) is 1. The van der Waals surface area contributed by atoms with Crippen LogP contribution in [0, 0.1) is 0 Å². The molecule has 1 N–H and O–H groups in total. The van der Waals surface area contributed by atoms with Gasteiger partial charge >= 0.3 is 0 Å². The first-order valence-electron chi connectivity index (χ1n) is 4.01. The van der Waals surface area contributed by atoms with E-state index >= 15 is 0 Å². The van der Waals surface area contributed by atoms with Crippen molar-refractivity contribution in [3.05, 3.63) is 29.8 Å². The molecule has 0 saturated heterocycles. The van der Waals surface area contributed by atoms with Gasteiger partial charge < -0.3 is 5.32 Å². The van der Waals surface area contributed by atoms with Crippen LogP contribution in [0.15, 0.2) is 24.3 Å². The van der Waals surface area contributed by atoms with Crippen molar-refractivity contribution >= 4 is 18.1 Å². The summed E-state index contributed by atoms with van der Waals surface area (Å²) >= 11 is 0. The Labute approximate surface area is 80.6 Å². The molecule has 0 aromatic heterocycles. The van der Waals surface area contributed by atoms with Crippen LogP contribution in [0.3, 0.4) is 0 Å². The molecule has 0 unspecified atom stereocenters. The Morgan fingerprint density at radius 2 is 1.58 bits per heavy atom. The van der Waals surface area contributed by atoms with Gasteiger partial charge in [0.2, 0.25) is 0 Å². The summed E-state index contributed by atoms with van der Waals surface area (Å²) in [5.74, 6) is 0.626. The molecule has 0 radical (unpaired) electrons. The van der Waals surface area contributed by atoms with E-state index < -0.39 is 0 Å². The first-order chi connectivity index (χ1) is 5.24. The van der Waals surface area contributed by atoms with Crippen molar-refractivity contribution in [1.29, 1.82) is 0 Å². The zero-order valence-corrected chi connectivity index (χ0v) is 8.61. The largest absolute Gasteiger partial charge is 0.388 e. The fraction of sp³-hybridized carbons (Fsp3) is 0.400. The first kappa shape index (κ1) is 11.3. The normalized spacial score (nSPS) is 9.33. The molecule has 0 aliphatic heterocycles. The van der Waals surface area contributed by atoms with Gasteiger partial charge in [0.25, 0.3) is 0 Å². The van der Waals surface area contributed by atoms with Crippen LogP contribution in [0.5, 0.6) is 0 Å². The van der Waals surface area contributed by atoms with Gasteiger partial charge in [0.1, 0.15) is 0 Å². The van der Waals surface area contributed by atoms with Crippen LogP contribution in [-0.4, -0.2) is 7.05 Å². The molecule has 1 aromatic rings. The highest BCUT2D eigenvalue weighted by Crippen LogP contribution is 2.16. The Morgan fingerprint density at radius 3 is 1.92 bits per heavy atom. The van der Waals surface area contributed by atoms with Gasteiger partial charge in [-0.1, -0.05) is 26.0 Å². The second-order valence-electron chi connectivity index (χ2n) is 3.03. The summed E-state index contributed by atoms with van der Waals surface area (Å²) in [6.45, 7) is 4.41. The van der Waals surface area contributed by atoms with E-state index in [4.69, 9.17) is 0 Å². The molecule has 0 heterocycles. The monoisotopic (exact) mass is 185 g/mol. The summed E-state index contributed by atoms with van der Waals surface area (Å²) < 4.78 is 0. The highest BCUT2D eigenvalue weighted by atomic mass is 35.5. The lowest BCUT2D eigenvalue weighted by molar-refractivity contribution is 0.867. The van der Waals surface area contributed by atoms with Crippen LogP contribution in [-0.2, 0) is 0 Å². The van der Waals surface area contributed by atoms with Gasteiger partial charge in [-0.25, -0.2) is 0 Å². The maximum absolute atomic E-state index is 3.09. The molecule has 68 valence electrons. The molecule has 0 spiro atoms. The van der Waals surface area contributed by atoms with Gasteiger partial charge in [-0.2, -0.15) is 0 Å². The minimum atomic E-state index is 0. The van der Waals surface area contributed by atoms with Crippen molar-refractivity contribution in [2.24, 2.45) is 0 Å². The molecular formula is C10H16ClN. The second-order valence-corrected chi connectivity index (χ2v) is 3.03. The minimum Gasteiger partial charge on any atom is -0.388 e. The number of anilines is 1. The highest BCUT2D eigenvalue weighted by molar-refractivity contribution is 5.85. The number of halogens is 1. The van der Waals surface area contributed by atoms with Gasteiger partial charge in [0.15, 0.2) is 0 Å². The van der Waals surface area contributed by atoms with E-state index in [1.54, 1.807) is 0 Å². The second kappa shape index (κ2) is 5.04. The van der Waals surface area contributed by atoms with Gasteiger partial charge in [-0.3, -0.25) is 0 Å². The van der Waals surface area contributed by atoms with Crippen molar-refractivity contribution in [2.45, 2.75) is 19.8 Å². The molecule has 0 bridgehead atoms. The van der Waals surface area contributed by atoms with Gasteiger partial charge in [0.05, 0.1) is 0 Å². The Bertz CT molecular complexity index is 216. The fourth-order valence-corrected chi connectivity index (χ4v) is 1.03. The van der Waals surface area contributed by atoms with E-state index in [0.29, 0.717) is 5.92 Å². The third kappa shape index (κ3) is 2.74. The number of hydrogen-bond acceptors (Lipinski definition) is 1. The summed E-state index contributed by atoms with van der Waals surface area (Å²) in [5, 5.41) is 3.09. The summed E-state index contributed by atoms with van der Waals surface area (Å²) in [6, 6.07) is 8.54. The Hall–Kier alpha value is -0.690. The number of rotatable bonds is 2. The van der Waals surface area contributed by atoms with E-state index in [-0.39, 0.29) is 12.4 Å². The summed E-state index contributed by atoms with van der Waals surface area (Å²) in [4.78, 5) is 0. The summed E-state index contributed by atoms with van der Waals surface area (Å²) in [6.07, 6.45) is 0. The predicted octanol–water partition coefficient (Wildman–Crippen LogP) is 3.27. The molecule has 0 aliphatic carbocycles. The van der Waals surface area contributed by atoms with Crippen molar-refractivity contribution in [1.82, 2.24) is 0 Å². The molecule has 0 atom stereocenters. The fourth-order valence-electron chi connectivity index (χ4n) is 1.03. The Kier molecular flexibility index (Phi) is 4.75. The molecule has 1 rings (SSSR count). The average Bonchev–Trinajstić information content (AvgIpc) is 2.05. The Morgan fingerprint density at radius 1 is 1.08 bits per heavy atom. The van der Waals surface area contributed by atoms with Gasteiger partial charge in [-0.05, 0) is 23.6 Å². The maximum Gasteiger partial charge on any atom is 0.0337 e.